The van der Waals surface area contributed by atoms with Gasteiger partial charge in [0, 0.05) is 5.54 Å². The van der Waals surface area contributed by atoms with E-state index in [2.05, 4.69) is 51.0 Å². The summed E-state index contributed by atoms with van der Waals surface area (Å²) >= 11 is 0. The zero-order valence-electron chi connectivity index (χ0n) is 14.1. The molecule has 0 aromatic carbocycles. The summed E-state index contributed by atoms with van der Waals surface area (Å²) in [6.07, 6.45) is 6.80. The molecule has 1 saturated carbocycles. The number of nitrogens with one attached hydrogen (secondary N) is 1. The first kappa shape index (κ1) is 17.5. The van der Waals surface area contributed by atoms with Crippen LogP contribution in [0.5, 0.6) is 0 Å². The van der Waals surface area contributed by atoms with Crippen LogP contribution in [0.3, 0.4) is 0 Å². The van der Waals surface area contributed by atoms with E-state index in [0.29, 0.717) is 5.92 Å². The van der Waals surface area contributed by atoms with Gasteiger partial charge in [0.25, 0.3) is 0 Å². The lowest BCUT2D eigenvalue weighted by molar-refractivity contribution is 0.134. The molecule has 1 N–H and O–H groups in total. The second-order valence-electron chi connectivity index (χ2n) is 6.98. The van der Waals surface area contributed by atoms with Gasteiger partial charge in [-0.1, -0.05) is 20.3 Å². The van der Waals surface area contributed by atoms with Crippen LogP contribution in [0, 0.1) is 17.2 Å². The van der Waals surface area contributed by atoms with Gasteiger partial charge >= 0.3 is 0 Å². The Morgan fingerprint density at radius 2 is 2.10 bits per heavy atom. The summed E-state index contributed by atoms with van der Waals surface area (Å²) in [6.45, 7) is 11.1. The highest BCUT2D eigenvalue weighted by molar-refractivity contribution is 5.14. The molecule has 1 aliphatic carbocycles. The van der Waals surface area contributed by atoms with Crippen LogP contribution in [-0.4, -0.2) is 36.1 Å². The summed E-state index contributed by atoms with van der Waals surface area (Å²) in [5, 5.41) is 13.2. The van der Waals surface area contributed by atoms with E-state index in [-0.39, 0.29) is 11.1 Å². The van der Waals surface area contributed by atoms with Gasteiger partial charge in [-0.2, -0.15) is 5.26 Å². The van der Waals surface area contributed by atoms with E-state index in [9.17, 15) is 5.26 Å². The standard InChI is InChI=1S/C17H33N3/c1-6-12-19-17(14-18)11-8-9-15(17)10-13-20(5)16(3,4)7-2/h15,19H,6-13H2,1-5H3. The van der Waals surface area contributed by atoms with E-state index in [4.69, 9.17) is 0 Å². The Hall–Kier alpha value is -0.590. The predicted octanol–water partition coefficient (Wildman–Crippen LogP) is 3.56. The average molecular weight is 279 g/mol. The van der Waals surface area contributed by atoms with Crippen LogP contribution < -0.4 is 5.32 Å². The van der Waals surface area contributed by atoms with Crippen LogP contribution in [0.4, 0.5) is 0 Å². The molecule has 20 heavy (non-hydrogen) atoms. The molecule has 0 spiro atoms. The van der Waals surface area contributed by atoms with Crippen molar-refractivity contribution in [2.45, 2.75) is 77.3 Å². The Morgan fingerprint density at radius 3 is 2.65 bits per heavy atom. The topological polar surface area (TPSA) is 39.1 Å². The molecule has 0 aromatic rings. The van der Waals surface area contributed by atoms with Crippen LogP contribution in [0.2, 0.25) is 0 Å². The normalized spacial score (nSPS) is 26.9. The third kappa shape index (κ3) is 3.96. The van der Waals surface area contributed by atoms with Crippen LogP contribution in [-0.2, 0) is 0 Å². The molecule has 0 radical (unpaired) electrons. The van der Waals surface area contributed by atoms with Gasteiger partial charge in [0.2, 0.25) is 0 Å². The van der Waals surface area contributed by atoms with Gasteiger partial charge < -0.3 is 4.90 Å². The first-order chi connectivity index (χ1) is 9.41. The molecule has 3 heteroatoms. The average Bonchev–Trinajstić information content (AvgIpc) is 2.85. The molecule has 0 bridgehead atoms. The van der Waals surface area contributed by atoms with E-state index in [1.165, 1.54) is 12.8 Å². The molecule has 3 nitrogen and oxygen atoms in total. The third-order valence-corrected chi connectivity index (χ3v) is 5.42. The summed E-state index contributed by atoms with van der Waals surface area (Å²) in [4.78, 5) is 2.45. The van der Waals surface area contributed by atoms with Gasteiger partial charge in [0.15, 0.2) is 0 Å². The molecule has 0 heterocycles. The molecule has 0 aliphatic heterocycles. The highest BCUT2D eigenvalue weighted by atomic mass is 15.2. The van der Waals surface area contributed by atoms with Crippen molar-refractivity contribution in [3.63, 3.8) is 0 Å². The molecule has 0 aromatic heterocycles. The molecule has 0 saturated heterocycles. The van der Waals surface area contributed by atoms with Crippen molar-refractivity contribution in [3.8, 4) is 6.07 Å². The van der Waals surface area contributed by atoms with Crippen LogP contribution in [0.1, 0.15) is 66.2 Å². The van der Waals surface area contributed by atoms with Crippen molar-refractivity contribution in [3.05, 3.63) is 0 Å². The van der Waals surface area contributed by atoms with Crippen LogP contribution in [0.25, 0.3) is 0 Å². The fourth-order valence-electron chi connectivity index (χ4n) is 3.16. The van der Waals surface area contributed by atoms with E-state index < -0.39 is 0 Å². The molecule has 1 fully saturated rings. The third-order valence-electron chi connectivity index (χ3n) is 5.42. The van der Waals surface area contributed by atoms with E-state index >= 15 is 0 Å². The van der Waals surface area contributed by atoms with Gasteiger partial charge in [-0.3, -0.25) is 5.32 Å². The second-order valence-corrected chi connectivity index (χ2v) is 6.98. The molecular formula is C17H33N3. The quantitative estimate of drug-likeness (QED) is 0.738. The van der Waals surface area contributed by atoms with Crippen molar-refractivity contribution in [2.75, 3.05) is 20.1 Å². The molecule has 1 rings (SSSR count). The Balaban J connectivity index is 2.60. The monoisotopic (exact) mass is 279 g/mol. The summed E-state index contributed by atoms with van der Waals surface area (Å²) in [5.74, 6) is 0.508. The molecule has 0 amide bonds. The van der Waals surface area contributed by atoms with Crippen molar-refractivity contribution >= 4 is 0 Å². The first-order valence-electron chi connectivity index (χ1n) is 8.29. The minimum absolute atomic E-state index is 0.255. The molecular weight excluding hydrogens is 246 g/mol. The maximum atomic E-state index is 9.66. The smallest absolute Gasteiger partial charge is 0.109 e. The zero-order chi connectivity index (χ0) is 15.2. The number of hydrogen-bond acceptors (Lipinski definition) is 3. The van der Waals surface area contributed by atoms with Gasteiger partial charge in [-0.15, -0.1) is 0 Å². The summed E-state index contributed by atoms with van der Waals surface area (Å²) in [6, 6.07) is 2.61. The van der Waals surface area contributed by atoms with Crippen LogP contribution in [0.15, 0.2) is 0 Å². The summed E-state index contributed by atoms with van der Waals surface area (Å²) in [5.41, 5.74) is -0.00202. The summed E-state index contributed by atoms with van der Waals surface area (Å²) < 4.78 is 0. The Bertz CT molecular complexity index is 332. The first-order valence-corrected chi connectivity index (χ1v) is 8.29. The zero-order valence-corrected chi connectivity index (χ0v) is 14.1. The maximum absolute atomic E-state index is 9.66. The van der Waals surface area contributed by atoms with Crippen molar-refractivity contribution in [2.24, 2.45) is 5.92 Å². The molecule has 116 valence electrons. The minimum atomic E-state index is -0.257. The molecule has 2 atom stereocenters. The lowest BCUT2D eigenvalue weighted by atomic mass is 9.85. The largest absolute Gasteiger partial charge is 0.301 e. The molecule has 2 unspecified atom stereocenters. The Labute approximate surface area is 125 Å². The lowest BCUT2D eigenvalue weighted by Gasteiger charge is -2.37. The van der Waals surface area contributed by atoms with E-state index in [1.54, 1.807) is 0 Å². The van der Waals surface area contributed by atoms with Gasteiger partial charge in [-0.05, 0) is 72.0 Å². The van der Waals surface area contributed by atoms with E-state index in [1.807, 2.05) is 0 Å². The van der Waals surface area contributed by atoms with Gasteiger partial charge in [0.1, 0.15) is 5.54 Å². The summed E-state index contributed by atoms with van der Waals surface area (Å²) in [7, 11) is 2.21. The number of nitriles is 1. The van der Waals surface area contributed by atoms with Crippen molar-refractivity contribution < 1.29 is 0 Å². The lowest BCUT2D eigenvalue weighted by Crippen LogP contribution is -2.49. The van der Waals surface area contributed by atoms with E-state index in [0.717, 1.165) is 38.8 Å². The highest BCUT2D eigenvalue weighted by Gasteiger charge is 2.42. The fourth-order valence-corrected chi connectivity index (χ4v) is 3.16. The van der Waals surface area contributed by atoms with Gasteiger partial charge in [-0.25, -0.2) is 0 Å². The van der Waals surface area contributed by atoms with Crippen molar-refractivity contribution in [1.29, 1.82) is 5.26 Å². The van der Waals surface area contributed by atoms with Gasteiger partial charge in [0.05, 0.1) is 6.07 Å². The maximum Gasteiger partial charge on any atom is 0.109 e. The highest BCUT2D eigenvalue weighted by Crippen LogP contribution is 2.38. The Morgan fingerprint density at radius 1 is 1.40 bits per heavy atom. The fraction of sp³-hybridized carbons (Fsp3) is 0.941. The predicted molar refractivity (Wildman–Crippen MR) is 85.6 cm³/mol. The second kappa shape index (κ2) is 7.43. The Kier molecular flexibility index (Phi) is 6.48. The SMILES string of the molecule is CCCNC1(C#N)CCCC1CCN(C)C(C)(C)CC. The number of rotatable bonds is 8. The van der Waals surface area contributed by atoms with Crippen molar-refractivity contribution in [1.82, 2.24) is 10.2 Å². The molecule has 1 aliphatic rings. The van der Waals surface area contributed by atoms with Crippen LogP contribution >= 0.6 is 0 Å². The minimum Gasteiger partial charge on any atom is -0.301 e. The number of hydrogen-bond donors (Lipinski definition) is 1. The number of nitrogens with zero attached hydrogens (tertiary/aromatic N) is 2.